The van der Waals surface area contributed by atoms with Crippen LogP contribution in [0.15, 0.2) is 52.7 Å². The standard InChI is InChI=1S/C19H18N2O3S2/c1-12-7-8-16(26(3,23)24)10-17(12)19(22)21-15-6-4-5-14(9-15)18-11-25-13(2)20-18/h4-11H,1-3H3,(H,21,22). The number of sulfone groups is 1. The highest BCUT2D eigenvalue weighted by Gasteiger charge is 2.15. The van der Waals surface area contributed by atoms with Crippen LogP contribution >= 0.6 is 11.3 Å². The van der Waals surface area contributed by atoms with Crippen molar-refractivity contribution in [2.45, 2.75) is 18.7 Å². The first-order valence-electron chi connectivity index (χ1n) is 7.88. The zero-order valence-corrected chi connectivity index (χ0v) is 16.2. The summed E-state index contributed by atoms with van der Waals surface area (Å²) in [7, 11) is -3.38. The van der Waals surface area contributed by atoms with Crippen molar-refractivity contribution in [3.8, 4) is 11.3 Å². The average molecular weight is 386 g/mol. The number of carbonyl (C=O) groups excluding carboxylic acids is 1. The number of anilines is 1. The number of benzene rings is 2. The van der Waals surface area contributed by atoms with E-state index in [-0.39, 0.29) is 10.8 Å². The fraction of sp³-hybridized carbons (Fsp3) is 0.158. The number of carbonyl (C=O) groups is 1. The summed E-state index contributed by atoms with van der Waals surface area (Å²) in [6.07, 6.45) is 1.12. The Morgan fingerprint density at radius 2 is 1.88 bits per heavy atom. The van der Waals surface area contributed by atoms with Crippen molar-refractivity contribution in [1.82, 2.24) is 4.98 Å². The molecule has 0 saturated heterocycles. The van der Waals surface area contributed by atoms with Gasteiger partial charge in [0.15, 0.2) is 9.84 Å². The summed E-state index contributed by atoms with van der Waals surface area (Å²) in [4.78, 5) is 17.2. The minimum absolute atomic E-state index is 0.125. The molecule has 0 aliphatic rings. The Bertz CT molecular complexity index is 1090. The average Bonchev–Trinajstić information content (AvgIpc) is 3.01. The van der Waals surface area contributed by atoms with Crippen LogP contribution in [-0.4, -0.2) is 25.6 Å². The van der Waals surface area contributed by atoms with Crippen LogP contribution in [0.2, 0.25) is 0 Å². The van der Waals surface area contributed by atoms with Gasteiger partial charge in [0.1, 0.15) is 0 Å². The Hall–Kier alpha value is -2.51. The molecule has 0 radical (unpaired) electrons. The van der Waals surface area contributed by atoms with Crippen molar-refractivity contribution < 1.29 is 13.2 Å². The van der Waals surface area contributed by atoms with Crippen LogP contribution in [-0.2, 0) is 9.84 Å². The van der Waals surface area contributed by atoms with Gasteiger partial charge in [0.2, 0.25) is 0 Å². The predicted molar refractivity (Wildman–Crippen MR) is 105 cm³/mol. The monoisotopic (exact) mass is 386 g/mol. The highest BCUT2D eigenvalue weighted by atomic mass is 32.2. The summed E-state index contributed by atoms with van der Waals surface area (Å²) >= 11 is 1.57. The Balaban J connectivity index is 1.89. The van der Waals surface area contributed by atoms with Gasteiger partial charge in [0.05, 0.1) is 15.6 Å². The van der Waals surface area contributed by atoms with Gasteiger partial charge in [-0.1, -0.05) is 18.2 Å². The summed E-state index contributed by atoms with van der Waals surface area (Å²) in [5.74, 6) is -0.348. The van der Waals surface area contributed by atoms with Crippen LogP contribution in [0.3, 0.4) is 0 Å². The fourth-order valence-corrected chi connectivity index (χ4v) is 3.80. The molecule has 0 atom stereocenters. The number of hydrogen-bond donors (Lipinski definition) is 1. The molecule has 7 heteroatoms. The lowest BCUT2D eigenvalue weighted by molar-refractivity contribution is 0.102. The summed E-state index contributed by atoms with van der Waals surface area (Å²) < 4.78 is 23.5. The molecule has 0 fully saturated rings. The van der Waals surface area contributed by atoms with Gasteiger partial charge in [-0.05, 0) is 43.7 Å². The molecule has 0 aliphatic carbocycles. The second-order valence-corrected chi connectivity index (χ2v) is 9.11. The SMILES string of the molecule is Cc1nc(-c2cccc(NC(=O)c3cc(S(C)(=O)=O)ccc3C)c2)cs1. The number of nitrogens with zero attached hydrogens (tertiary/aromatic N) is 1. The van der Waals surface area contributed by atoms with E-state index in [0.29, 0.717) is 16.8 Å². The number of aryl methyl sites for hydroxylation is 2. The molecule has 0 saturated carbocycles. The minimum atomic E-state index is -3.38. The highest BCUT2D eigenvalue weighted by Crippen LogP contribution is 2.25. The molecule has 1 aromatic heterocycles. The first kappa shape index (κ1) is 18.3. The Kier molecular flexibility index (Phi) is 4.93. The van der Waals surface area contributed by atoms with E-state index in [2.05, 4.69) is 10.3 Å². The summed E-state index contributed by atoms with van der Waals surface area (Å²) in [5, 5.41) is 5.78. The van der Waals surface area contributed by atoms with Crippen LogP contribution in [0, 0.1) is 13.8 Å². The molecule has 3 rings (SSSR count). The third kappa shape index (κ3) is 4.00. The highest BCUT2D eigenvalue weighted by molar-refractivity contribution is 7.90. The minimum Gasteiger partial charge on any atom is -0.322 e. The maximum absolute atomic E-state index is 12.6. The summed E-state index contributed by atoms with van der Waals surface area (Å²) in [6, 6.07) is 12.0. The molecule has 5 nitrogen and oxygen atoms in total. The van der Waals surface area contributed by atoms with E-state index >= 15 is 0 Å². The molecule has 1 amide bonds. The molecule has 0 unspecified atom stereocenters. The zero-order chi connectivity index (χ0) is 18.9. The van der Waals surface area contributed by atoms with Gasteiger partial charge in [-0.25, -0.2) is 13.4 Å². The van der Waals surface area contributed by atoms with E-state index in [1.165, 1.54) is 12.1 Å². The zero-order valence-electron chi connectivity index (χ0n) is 14.6. The van der Waals surface area contributed by atoms with Crippen molar-refractivity contribution in [2.24, 2.45) is 0 Å². The van der Waals surface area contributed by atoms with Gasteiger partial charge >= 0.3 is 0 Å². The predicted octanol–water partition coefficient (Wildman–Crippen LogP) is 4.08. The van der Waals surface area contributed by atoms with Gasteiger partial charge in [0.25, 0.3) is 5.91 Å². The molecule has 0 aliphatic heterocycles. The van der Waals surface area contributed by atoms with Gasteiger partial charge < -0.3 is 5.32 Å². The Morgan fingerprint density at radius 1 is 1.12 bits per heavy atom. The Morgan fingerprint density at radius 3 is 2.54 bits per heavy atom. The third-order valence-corrected chi connectivity index (χ3v) is 5.80. The van der Waals surface area contributed by atoms with E-state index in [0.717, 1.165) is 22.5 Å². The number of rotatable bonds is 4. The third-order valence-electron chi connectivity index (χ3n) is 3.92. The van der Waals surface area contributed by atoms with Crippen molar-refractivity contribution >= 4 is 32.8 Å². The quantitative estimate of drug-likeness (QED) is 0.733. The molecule has 26 heavy (non-hydrogen) atoms. The number of thiazole rings is 1. The first-order chi connectivity index (χ1) is 12.2. The topological polar surface area (TPSA) is 76.1 Å². The summed E-state index contributed by atoms with van der Waals surface area (Å²) in [6.45, 7) is 3.72. The summed E-state index contributed by atoms with van der Waals surface area (Å²) in [5.41, 5.74) is 3.44. The molecule has 1 heterocycles. The van der Waals surface area contributed by atoms with Crippen LogP contribution < -0.4 is 5.32 Å². The second-order valence-electron chi connectivity index (χ2n) is 6.04. The molecular weight excluding hydrogens is 368 g/mol. The van der Waals surface area contributed by atoms with Gasteiger partial charge in [0, 0.05) is 28.5 Å². The van der Waals surface area contributed by atoms with Crippen LogP contribution in [0.1, 0.15) is 20.9 Å². The van der Waals surface area contributed by atoms with Crippen LogP contribution in [0.25, 0.3) is 11.3 Å². The number of hydrogen-bond acceptors (Lipinski definition) is 5. The molecule has 3 aromatic rings. The van der Waals surface area contributed by atoms with Gasteiger partial charge in [-0.15, -0.1) is 11.3 Å². The molecule has 2 aromatic carbocycles. The molecule has 134 valence electrons. The van der Waals surface area contributed by atoms with Gasteiger partial charge in [-0.2, -0.15) is 0 Å². The smallest absolute Gasteiger partial charge is 0.255 e. The molecule has 1 N–H and O–H groups in total. The fourth-order valence-electron chi connectivity index (χ4n) is 2.53. The molecule has 0 bridgehead atoms. The molecular formula is C19H18N2O3S2. The lowest BCUT2D eigenvalue weighted by Crippen LogP contribution is -2.14. The van der Waals surface area contributed by atoms with E-state index in [9.17, 15) is 13.2 Å². The van der Waals surface area contributed by atoms with E-state index in [1.54, 1.807) is 30.4 Å². The normalized spacial score (nSPS) is 11.3. The Labute approximate surface area is 156 Å². The largest absolute Gasteiger partial charge is 0.322 e. The van der Waals surface area contributed by atoms with Gasteiger partial charge in [-0.3, -0.25) is 4.79 Å². The van der Waals surface area contributed by atoms with Crippen LogP contribution in [0.5, 0.6) is 0 Å². The van der Waals surface area contributed by atoms with E-state index < -0.39 is 9.84 Å². The van der Waals surface area contributed by atoms with Crippen LogP contribution in [0.4, 0.5) is 5.69 Å². The van der Waals surface area contributed by atoms with Crippen molar-refractivity contribution in [2.75, 3.05) is 11.6 Å². The van der Waals surface area contributed by atoms with E-state index in [1.807, 2.05) is 30.5 Å². The second kappa shape index (κ2) is 7.01. The first-order valence-corrected chi connectivity index (χ1v) is 10.7. The lowest BCUT2D eigenvalue weighted by Gasteiger charge is -2.10. The number of nitrogens with one attached hydrogen (secondary N) is 1. The van der Waals surface area contributed by atoms with Crippen molar-refractivity contribution in [3.63, 3.8) is 0 Å². The van der Waals surface area contributed by atoms with Crippen molar-refractivity contribution in [1.29, 1.82) is 0 Å². The maximum Gasteiger partial charge on any atom is 0.255 e. The maximum atomic E-state index is 12.6. The number of aromatic nitrogens is 1. The lowest BCUT2D eigenvalue weighted by atomic mass is 10.1. The van der Waals surface area contributed by atoms with Crippen molar-refractivity contribution in [3.05, 3.63) is 64.0 Å². The molecule has 0 spiro atoms. The number of amides is 1. The van der Waals surface area contributed by atoms with E-state index in [4.69, 9.17) is 0 Å².